The van der Waals surface area contributed by atoms with Gasteiger partial charge in [-0.2, -0.15) is 0 Å². The van der Waals surface area contributed by atoms with E-state index in [9.17, 15) is 0 Å². The predicted octanol–water partition coefficient (Wildman–Crippen LogP) is 6.04. The Bertz CT molecular complexity index is 594. The van der Waals surface area contributed by atoms with Gasteiger partial charge in [0.25, 0.3) is 0 Å². The average molecular weight is 381 g/mol. The highest BCUT2D eigenvalue weighted by atomic mass is 15.3. The Morgan fingerprint density at radius 3 is 2.46 bits per heavy atom. The minimum atomic E-state index is 0.274. The minimum Gasteiger partial charge on any atom is -0.302 e. The molecule has 2 saturated heterocycles. The summed E-state index contributed by atoms with van der Waals surface area (Å²) in [7, 11) is 0. The fraction of sp³-hybridized carbons (Fsp3) is 0.692. The van der Waals surface area contributed by atoms with Gasteiger partial charge in [-0.3, -0.25) is 4.90 Å². The Hall–Kier alpha value is -1.30. The molecule has 2 heterocycles. The molecule has 3 rings (SSSR count). The van der Waals surface area contributed by atoms with Crippen LogP contribution < -0.4 is 0 Å². The summed E-state index contributed by atoms with van der Waals surface area (Å²) in [6.45, 7) is 7.31. The van der Waals surface area contributed by atoms with Crippen LogP contribution in [0.4, 0.5) is 0 Å². The molecule has 2 aliphatic heterocycles. The molecule has 1 aromatic rings. The molecule has 2 nitrogen and oxygen atoms in total. The zero-order valence-electron chi connectivity index (χ0n) is 18.0. The van der Waals surface area contributed by atoms with E-state index in [1.807, 2.05) is 0 Å². The summed E-state index contributed by atoms with van der Waals surface area (Å²) in [5, 5.41) is 0. The van der Waals surface area contributed by atoms with Gasteiger partial charge in [0, 0.05) is 25.6 Å². The Kier molecular flexibility index (Phi) is 9.41. The van der Waals surface area contributed by atoms with Gasteiger partial charge >= 0.3 is 0 Å². The van der Waals surface area contributed by atoms with Crippen LogP contribution >= 0.6 is 0 Å². The molecule has 154 valence electrons. The van der Waals surface area contributed by atoms with E-state index in [-0.39, 0.29) is 6.04 Å². The van der Waals surface area contributed by atoms with Crippen LogP contribution in [-0.4, -0.2) is 42.0 Å². The summed E-state index contributed by atoms with van der Waals surface area (Å²) in [6, 6.07) is 12.0. The van der Waals surface area contributed by atoms with Crippen molar-refractivity contribution in [2.75, 3.05) is 26.2 Å². The standard InChI is InChI=1S/C26H40N2/c1-2-3-4-5-6-7-8-12-19-26(24-16-10-9-11-17-24)28-22-15-18-25(28)23-27-20-13-14-21-27/h9-11,16-17,25-26H,2-8,13-15,18,20-23H2,1H3/t25-,26+/m0/s1. The van der Waals surface area contributed by atoms with E-state index < -0.39 is 0 Å². The van der Waals surface area contributed by atoms with Gasteiger partial charge in [-0.15, -0.1) is 5.92 Å². The summed E-state index contributed by atoms with van der Waals surface area (Å²) in [6.07, 6.45) is 14.5. The van der Waals surface area contributed by atoms with Crippen LogP contribution in [-0.2, 0) is 0 Å². The maximum Gasteiger partial charge on any atom is 0.0973 e. The van der Waals surface area contributed by atoms with E-state index >= 15 is 0 Å². The minimum absolute atomic E-state index is 0.274. The summed E-state index contributed by atoms with van der Waals surface area (Å²) < 4.78 is 0. The monoisotopic (exact) mass is 380 g/mol. The summed E-state index contributed by atoms with van der Waals surface area (Å²) in [5.74, 6) is 7.25. The topological polar surface area (TPSA) is 6.48 Å². The molecule has 1 aromatic carbocycles. The van der Waals surface area contributed by atoms with Crippen LogP contribution in [0.1, 0.15) is 89.2 Å². The number of hydrogen-bond acceptors (Lipinski definition) is 2. The lowest BCUT2D eigenvalue weighted by molar-refractivity contribution is 0.168. The fourth-order valence-electron chi connectivity index (χ4n) is 4.81. The van der Waals surface area contributed by atoms with Gasteiger partial charge in [0.1, 0.15) is 0 Å². The highest BCUT2D eigenvalue weighted by Gasteiger charge is 2.32. The van der Waals surface area contributed by atoms with Crippen molar-refractivity contribution in [2.45, 2.75) is 89.6 Å². The molecule has 0 aromatic heterocycles. The van der Waals surface area contributed by atoms with E-state index in [1.165, 1.54) is 96.0 Å². The summed E-state index contributed by atoms with van der Waals surface area (Å²) in [4.78, 5) is 5.39. The van der Waals surface area contributed by atoms with Crippen LogP contribution in [0.3, 0.4) is 0 Å². The Labute approximate surface area is 173 Å². The third kappa shape index (κ3) is 6.64. The van der Waals surface area contributed by atoms with Crippen molar-refractivity contribution >= 4 is 0 Å². The Balaban J connectivity index is 1.58. The van der Waals surface area contributed by atoms with Crippen molar-refractivity contribution in [1.29, 1.82) is 0 Å². The van der Waals surface area contributed by atoms with E-state index in [0.717, 1.165) is 6.42 Å². The normalized spacial score (nSPS) is 21.5. The zero-order chi connectivity index (χ0) is 19.4. The van der Waals surface area contributed by atoms with Crippen molar-refractivity contribution in [2.24, 2.45) is 0 Å². The molecule has 2 fully saturated rings. The summed E-state index contributed by atoms with van der Waals surface area (Å²) in [5.41, 5.74) is 1.38. The maximum absolute atomic E-state index is 3.69. The van der Waals surface area contributed by atoms with Gasteiger partial charge in [-0.25, -0.2) is 0 Å². The van der Waals surface area contributed by atoms with Crippen molar-refractivity contribution in [3.8, 4) is 11.8 Å². The molecule has 2 heteroatoms. The Morgan fingerprint density at radius 1 is 0.929 bits per heavy atom. The largest absolute Gasteiger partial charge is 0.302 e. The first-order valence-corrected chi connectivity index (χ1v) is 11.9. The molecule has 2 atom stereocenters. The fourth-order valence-corrected chi connectivity index (χ4v) is 4.81. The third-order valence-electron chi connectivity index (χ3n) is 6.43. The second kappa shape index (κ2) is 12.3. The molecule has 2 aliphatic rings. The van der Waals surface area contributed by atoms with Gasteiger partial charge < -0.3 is 4.90 Å². The van der Waals surface area contributed by atoms with Crippen molar-refractivity contribution in [3.05, 3.63) is 35.9 Å². The van der Waals surface area contributed by atoms with Gasteiger partial charge in [-0.1, -0.05) is 75.3 Å². The van der Waals surface area contributed by atoms with Crippen LogP contribution in [0.25, 0.3) is 0 Å². The molecule has 0 unspecified atom stereocenters. The molecule has 0 aliphatic carbocycles. The van der Waals surface area contributed by atoms with Crippen LogP contribution in [0.2, 0.25) is 0 Å². The Morgan fingerprint density at radius 2 is 1.68 bits per heavy atom. The van der Waals surface area contributed by atoms with Crippen molar-refractivity contribution in [1.82, 2.24) is 9.80 Å². The lowest BCUT2D eigenvalue weighted by atomic mass is 10.0. The van der Waals surface area contributed by atoms with Crippen LogP contribution in [0, 0.1) is 11.8 Å². The number of benzene rings is 1. The number of nitrogens with zero attached hydrogens (tertiary/aromatic N) is 2. The molecule has 0 spiro atoms. The van der Waals surface area contributed by atoms with E-state index in [2.05, 4.69) is 58.9 Å². The van der Waals surface area contributed by atoms with Crippen molar-refractivity contribution < 1.29 is 0 Å². The third-order valence-corrected chi connectivity index (χ3v) is 6.43. The molecule has 0 bridgehead atoms. The first-order valence-electron chi connectivity index (χ1n) is 11.9. The second-order valence-electron chi connectivity index (χ2n) is 8.69. The van der Waals surface area contributed by atoms with Crippen molar-refractivity contribution in [3.63, 3.8) is 0 Å². The van der Waals surface area contributed by atoms with Crippen LogP contribution in [0.5, 0.6) is 0 Å². The summed E-state index contributed by atoms with van der Waals surface area (Å²) >= 11 is 0. The molecule has 28 heavy (non-hydrogen) atoms. The van der Waals surface area contributed by atoms with E-state index in [1.54, 1.807) is 0 Å². The molecular formula is C26H40N2. The van der Waals surface area contributed by atoms with Gasteiger partial charge in [0.05, 0.1) is 6.04 Å². The predicted molar refractivity (Wildman–Crippen MR) is 120 cm³/mol. The lowest BCUT2D eigenvalue weighted by Crippen LogP contribution is -2.41. The van der Waals surface area contributed by atoms with Crippen LogP contribution in [0.15, 0.2) is 30.3 Å². The number of rotatable bonds is 10. The second-order valence-corrected chi connectivity index (χ2v) is 8.69. The quantitative estimate of drug-likeness (QED) is 0.360. The molecular weight excluding hydrogens is 340 g/mol. The highest BCUT2D eigenvalue weighted by molar-refractivity contribution is 5.28. The number of likely N-dealkylation sites (tertiary alicyclic amines) is 2. The lowest BCUT2D eigenvalue weighted by Gasteiger charge is -2.32. The highest BCUT2D eigenvalue weighted by Crippen LogP contribution is 2.30. The average Bonchev–Trinajstić information content (AvgIpc) is 3.40. The number of unbranched alkanes of at least 4 members (excludes halogenated alkanes) is 6. The van der Waals surface area contributed by atoms with E-state index in [0.29, 0.717) is 6.04 Å². The molecule has 0 saturated carbocycles. The first kappa shape index (κ1) is 21.4. The van der Waals surface area contributed by atoms with Gasteiger partial charge in [0.15, 0.2) is 0 Å². The molecule has 0 amide bonds. The number of hydrogen-bond donors (Lipinski definition) is 0. The smallest absolute Gasteiger partial charge is 0.0973 e. The molecule has 0 N–H and O–H groups in total. The maximum atomic E-state index is 3.69. The first-order chi connectivity index (χ1) is 13.9. The van der Waals surface area contributed by atoms with E-state index in [4.69, 9.17) is 0 Å². The molecule has 0 radical (unpaired) electrons. The zero-order valence-corrected chi connectivity index (χ0v) is 18.0. The van der Waals surface area contributed by atoms with Gasteiger partial charge in [-0.05, 0) is 50.8 Å². The SMILES string of the molecule is CCCCCCCCC#C[C@H](c1ccccc1)N1CCC[C@H]1CN1CCCC1. The van der Waals surface area contributed by atoms with Gasteiger partial charge in [0.2, 0.25) is 0 Å².